The minimum absolute atomic E-state index is 0.252. The van der Waals surface area contributed by atoms with Crippen molar-refractivity contribution in [1.82, 2.24) is 5.32 Å². The van der Waals surface area contributed by atoms with Crippen molar-refractivity contribution in [3.05, 3.63) is 58.4 Å². The molecule has 5 heteroatoms. The Labute approximate surface area is 154 Å². The highest BCUT2D eigenvalue weighted by Crippen LogP contribution is 2.32. The van der Waals surface area contributed by atoms with Crippen LogP contribution in [-0.4, -0.2) is 13.7 Å². The third-order valence-corrected chi connectivity index (χ3v) is 4.29. The van der Waals surface area contributed by atoms with Crippen molar-refractivity contribution in [1.29, 1.82) is 0 Å². The lowest BCUT2D eigenvalue weighted by atomic mass is 10.1. The number of hydrogen-bond donors (Lipinski definition) is 1. The monoisotopic (exact) mass is 365 g/mol. The van der Waals surface area contributed by atoms with E-state index in [1.54, 1.807) is 13.2 Å². The summed E-state index contributed by atoms with van der Waals surface area (Å²) in [6.45, 7) is 4.11. The maximum absolute atomic E-state index is 13.2. The first-order chi connectivity index (χ1) is 12.2. The number of para-hydroxylation sites is 1. The van der Waals surface area contributed by atoms with Gasteiger partial charge in [-0.2, -0.15) is 0 Å². The summed E-state index contributed by atoms with van der Waals surface area (Å²) in [7, 11) is 1.62. The van der Waals surface area contributed by atoms with Crippen LogP contribution in [0.25, 0.3) is 0 Å². The summed E-state index contributed by atoms with van der Waals surface area (Å²) in [4.78, 5) is 0. The largest absolute Gasteiger partial charge is 0.493 e. The number of unbranched alkanes of at least 4 members (excludes halogenated alkanes) is 2. The minimum atomic E-state index is -0.358. The van der Waals surface area contributed by atoms with E-state index in [1.807, 2.05) is 18.2 Å². The molecule has 0 aliphatic rings. The lowest BCUT2D eigenvalue weighted by Gasteiger charge is -2.16. The second kappa shape index (κ2) is 10.3. The van der Waals surface area contributed by atoms with Gasteiger partial charge < -0.3 is 14.8 Å². The summed E-state index contributed by atoms with van der Waals surface area (Å²) >= 11 is 6.08. The Balaban J connectivity index is 2.06. The highest BCUT2D eigenvalue weighted by atomic mass is 35.5. The molecule has 1 N–H and O–H groups in total. The van der Waals surface area contributed by atoms with Crippen LogP contribution in [-0.2, 0) is 13.2 Å². The molecule has 0 saturated heterocycles. The van der Waals surface area contributed by atoms with E-state index in [-0.39, 0.29) is 12.4 Å². The first kappa shape index (κ1) is 19.5. The zero-order valence-electron chi connectivity index (χ0n) is 14.8. The van der Waals surface area contributed by atoms with E-state index >= 15 is 0 Å². The zero-order valence-corrected chi connectivity index (χ0v) is 15.5. The maximum atomic E-state index is 13.2. The van der Waals surface area contributed by atoms with Crippen molar-refractivity contribution in [3.63, 3.8) is 0 Å². The molecule has 2 rings (SSSR count). The number of hydrogen-bond acceptors (Lipinski definition) is 3. The highest BCUT2D eigenvalue weighted by Gasteiger charge is 2.12. The lowest BCUT2D eigenvalue weighted by Crippen LogP contribution is -2.15. The van der Waals surface area contributed by atoms with E-state index in [9.17, 15) is 4.39 Å². The van der Waals surface area contributed by atoms with Gasteiger partial charge in [0.15, 0.2) is 11.5 Å². The summed E-state index contributed by atoms with van der Waals surface area (Å²) < 4.78 is 24.6. The summed E-state index contributed by atoms with van der Waals surface area (Å²) in [6, 6.07) is 10.1. The number of nitrogens with one attached hydrogen (secondary N) is 1. The van der Waals surface area contributed by atoms with Crippen LogP contribution in [0.5, 0.6) is 11.5 Å². The van der Waals surface area contributed by atoms with Crippen LogP contribution in [0.4, 0.5) is 4.39 Å². The quantitative estimate of drug-likeness (QED) is 0.576. The SMILES string of the molecule is CCCCCNCc1cccc(OC)c1OCc1ccc(F)cc1Cl. The summed E-state index contributed by atoms with van der Waals surface area (Å²) in [6.07, 6.45) is 3.58. The molecule has 0 fully saturated rings. The molecule has 0 amide bonds. The second-order valence-corrected chi connectivity index (χ2v) is 6.26. The molecule has 0 heterocycles. The third kappa shape index (κ3) is 5.91. The topological polar surface area (TPSA) is 30.5 Å². The maximum Gasteiger partial charge on any atom is 0.166 e. The van der Waals surface area contributed by atoms with Crippen LogP contribution in [0.3, 0.4) is 0 Å². The highest BCUT2D eigenvalue weighted by molar-refractivity contribution is 6.31. The van der Waals surface area contributed by atoms with Gasteiger partial charge in [-0.15, -0.1) is 0 Å². The molecule has 0 bridgehead atoms. The van der Waals surface area contributed by atoms with E-state index in [0.717, 1.165) is 24.1 Å². The van der Waals surface area contributed by atoms with Gasteiger partial charge in [-0.25, -0.2) is 4.39 Å². The molecule has 0 aliphatic carbocycles. The second-order valence-electron chi connectivity index (χ2n) is 5.86. The minimum Gasteiger partial charge on any atom is -0.493 e. The Hall–Kier alpha value is -1.78. The predicted octanol–water partition coefficient (Wildman–Crippen LogP) is 5.35. The number of halogens is 2. The molecule has 3 nitrogen and oxygen atoms in total. The van der Waals surface area contributed by atoms with Gasteiger partial charge in [-0.05, 0) is 31.2 Å². The molecular weight excluding hydrogens is 341 g/mol. The molecular formula is C20H25ClFNO2. The Bertz CT molecular complexity index is 679. The first-order valence-corrected chi connectivity index (χ1v) is 8.96. The lowest BCUT2D eigenvalue weighted by molar-refractivity contribution is 0.280. The van der Waals surface area contributed by atoms with Crippen LogP contribution >= 0.6 is 11.6 Å². The van der Waals surface area contributed by atoms with Crippen molar-refractivity contribution in [3.8, 4) is 11.5 Å². The van der Waals surface area contributed by atoms with Crippen LogP contribution < -0.4 is 14.8 Å². The zero-order chi connectivity index (χ0) is 18.1. The fraction of sp³-hybridized carbons (Fsp3) is 0.400. The van der Waals surface area contributed by atoms with Crippen molar-refractivity contribution < 1.29 is 13.9 Å². The molecule has 0 radical (unpaired) electrons. The van der Waals surface area contributed by atoms with Gasteiger partial charge in [-0.1, -0.05) is 49.6 Å². The average Bonchev–Trinajstić information content (AvgIpc) is 2.61. The molecule has 0 spiro atoms. The molecule has 0 aromatic heterocycles. The molecule has 0 atom stereocenters. The van der Waals surface area contributed by atoms with E-state index in [0.29, 0.717) is 23.1 Å². The van der Waals surface area contributed by atoms with Gasteiger partial charge in [0.2, 0.25) is 0 Å². The molecule has 136 valence electrons. The Morgan fingerprint density at radius 3 is 2.68 bits per heavy atom. The van der Waals surface area contributed by atoms with Gasteiger partial charge in [0.1, 0.15) is 12.4 Å². The molecule has 0 saturated carbocycles. The van der Waals surface area contributed by atoms with Crippen LogP contribution in [0.1, 0.15) is 37.3 Å². The summed E-state index contributed by atoms with van der Waals surface area (Å²) in [5, 5.41) is 3.79. The fourth-order valence-corrected chi connectivity index (χ4v) is 2.76. The number of rotatable bonds is 10. The Kier molecular flexibility index (Phi) is 8.02. The Morgan fingerprint density at radius 2 is 1.96 bits per heavy atom. The standard InChI is InChI=1S/C20H25ClFNO2/c1-3-4-5-11-23-13-15-7-6-8-19(24-2)20(15)25-14-16-9-10-17(22)12-18(16)21/h6-10,12,23H,3-5,11,13-14H2,1-2H3. The van der Waals surface area contributed by atoms with E-state index < -0.39 is 0 Å². The van der Waals surface area contributed by atoms with Gasteiger partial charge >= 0.3 is 0 Å². The molecule has 0 unspecified atom stereocenters. The van der Waals surface area contributed by atoms with Crippen LogP contribution in [0, 0.1) is 5.82 Å². The van der Waals surface area contributed by atoms with Crippen molar-refractivity contribution >= 4 is 11.6 Å². The van der Waals surface area contributed by atoms with Crippen molar-refractivity contribution in [2.75, 3.05) is 13.7 Å². The third-order valence-electron chi connectivity index (χ3n) is 3.94. The van der Waals surface area contributed by atoms with E-state index in [1.165, 1.54) is 25.0 Å². The molecule has 25 heavy (non-hydrogen) atoms. The first-order valence-electron chi connectivity index (χ1n) is 8.59. The molecule has 2 aromatic rings. The van der Waals surface area contributed by atoms with Gasteiger partial charge in [0.05, 0.1) is 12.1 Å². The Morgan fingerprint density at radius 1 is 1.12 bits per heavy atom. The molecule has 0 aliphatic heterocycles. The number of ether oxygens (including phenoxy) is 2. The predicted molar refractivity (Wildman–Crippen MR) is 100.0 cm³/mol. The summed E-state index contributed by atoms with van der Waals surface area (Å²) in [5.74, 6) is 1.00. The number of benzene rings is 2. The van der Waals surface area contributed by atoms with Crippen molar-refractivity contribution in [2.45, 2.75) is 39.3 Å². The van der Waals surface area contributed by atoms with Crippen LogP contribution in [0.15, 0.2) is 36.4 Å². The normalized spacial score (nSPS) is 10.7. The van der Waals surface area contributed by atoms with Crippen molar-refractivity contribution in [2.24, 2.45) is 0 Å². The number of methoxy groups -OCH3 is 1. The molecule has 2 aromatic carbocycles. The van der Waals surface area contributed by atoms with E-state index in [4.69, 9.17) is 21.1 Å². The fourth-order valence-electron chi connectivity index (χ4n) is 2.54. The van der Waals surface area contributed by atoms with Gasteiger partial charge in [0.25, 0.3) is 0 Å². The van der Waals surface area contributed by atoms with Gasteiger partial charge in [0, 0.05) is 17.7 Å². The van der Waals surface area contributed by atoms with Crippen LogP contribution in [0.2, 0.25) is 5.02 Å². The average molecular weight is 366 g/mol. The van der Waals surface area contributed by atoms with Gasteiger partial charge in [-0.3, -0.25) is 0 Å². The van der Waals surface area contributed by atoms with E-state index in [2.05, 4.69) is 12.2 Å². The smallest absolute Gasteiger partial charge is 0.166 e. The summed E-state index contributed by atoms with van der Waals surface area (Å²) in [5.41, 5.74) is 1.75.